The number of rotatable bonds is 13. The molecule has 0 radical (unpaired) electrons. The Kier molecular flexibility index (Phi) is 11.3. The van der Waals surface area contributed by atoms with E-state index >= 15 is 0 Å². The standard InChI is InChI=1S/C13H31N3O3S/c1-5-6-11-19-12-9-15-20(17,18)16(4)10-7-8-14-13(2)3/h13-15H,5-12H2,1-4H3. The molecule has 0 atom stereocenters. The number of nitrogens with one attached hydrogen (secondary N) is 2. The molecule has 0 unspecified atom stereocenters. The summed E-state index contributed by atoms with van der Waals surface area (Å²) in [6, 6.07) is 0.426. The Hall–Kier alpha value is -0.210. The van der Waals surface area contributed by atoms with E-state index < -0.39 is 10.2 Å². The number of ether oxygens (including phenoxy) is 1. The maximum absolute atomic E-state index is 11.9. The molecular formula is C13H31N3O3S. The number of hydrogen-bond donors (Lipinski definition) is 2. The zero-order valence-electron chi connectivity index (χ0n) is 13.3. The minimum atomic E-state index is -3.38. The highest BCUT2D eigenvalue weighted by Gasteiger charge is 2.15. The van der Waals surface area contributed by atoms with E-state index in [1.165, 1.54) is 4.31 Å². The monoisotopic (exact) mass is 309 g/mol. The summed E-state index contributed by atoms with van der Waals surface area (Å²) in [4.78, 5) is 0. The largest absolute Gasteiger partial charge is 0.380 e. The normalized spacial score (nSPS) is 12.5. The van der Waals surface area contributed by atoms with Crippen molar-refractivity contribution in [3.63, 3.8) is 0 Å². The zero-order valence-corrected chi connectivity index (χ0v) is 14.1. The predicted molar refractivity (Wildman–Crippen MR) is 83.0 cm³/mol. The molecule has 7 heteroatoms. The van der Waals surface area contributed by atoms with Gasteiger partial charge in [0.05, 0.1) is 6.61 Å². The Morgan fingerprint density at radius 3 is 2.45 bits per heavy atom. The lowest BCUT2D eigenvalue weighted by atomic mass is 10.3. The molecule has 0 aliphatic heterocycles. The van der Waals surface area contributed by atoms with Gasteiger partial charge in [0.2, 0.25) is 0 Å². The molecule has 0 fully saturated rings. The van der Waals surface area contributed by atoms with Gasteiger partial charge in [0.1, 0.15) is 0 Å². The fourth-order valence-corrected chi connectivity index (χ4v) is 2.45. The van der Waals surface area contributed by atoms with E-state index in [4.69, 9.17) is 4.74 Å². The van der Waals surface area contributed by atoms with E-state index in [2.05, 4.69) is 30.8 Å². The third-order valence-electron chi connectivity index (χ3n) is 2.79. The first-order chi connectivity index (χ1) is 9.40. The van der Waals surface area contributed by atoms with Gasteiger partial charge >= 0.3 is 0 Å². The smallest absolute Gasteiger partial charge is 0.279 e. The van der Waals surface area contributed by atoms with Crippen LogP contribution in [0, 0.1) is 0 Å². The molecule has 0 aliphatic rings. The third kappa shape index (κ3) is 10.6. The molecule has 2 N–H and O–H groups in total. The molecule has 0 spiro atoms. The third-order valence-corrected chi connectivity index (χ3v) is 4.36. The van der Waals surface area contributed by atoms with Crippen molar-refractivity contribution < 1.29 is 13.2 Å². The lowest BCUT2D eigenvalue weighted by Gasteiger charge is -2.18. The van der Waals surface area contributed by atoms with Crippen LogP contribution in [0.1, 0.15) is 40.0 Å². The Balaban J connectivity index is 3.74. The lowest BCUT2D eigenvalue weighted by Crippen LogP contribution is -2.40. The summed E-state index contributed by atoms with van der Waals surface area (Å²) in [6.07, 6.45) is 2.89. The van der Waals surface area contributed by atoms with Gasteiger partial charge < -0.3 is 10.1 Å². The van der Waals surface area contributed by atoms with Crippen molar-refractivity contribution in [1.82, 2.24) is 14.3 Å². The second-order valence-corrected chi connectivity index (χ2v) is 7.01. The van der Waals surface area contributed by atoms with Gasteiger partial charge in [0.15, 0.2) is 0 Å². The van der Waals surface area contributed by atoms with Crippen LogP contribution in [0.15, 0.2) is 0 Å². The second-order valence-electron chi connectivity index (χ2n) is 5.15. The summed E-state index contributed by atoms with van der Waals surface area (Å²) < 4.78 is 33.0. The highest BCUT2D eigenvalue weighted by atomic mass is 32.2. The molecular weight excluding hydrogens is 278 g/mol. The van der Waals surface area contributed by atoms with Crippen LogP contribution in [0.4, 0.5) is 0 Å². The highest BCUT2D eigenvalue weighted by Crippen LogP contribution is 1.95. The molecule has 0 saturated heterocycles. The lowest BCUT2D eigenvalue weighted by molar-refractivity contribution is 0.136. The van der Waals surface area contributed by atoms with Gasteiger partial charge in [-0.2, -0.15) is 17.4 Å². The molecule has 0 aromatic carbocycles. The van der Waals surface area contributed by atoms with Crippen molar-refractivity contribution in [2.24, 2.45) is 0 Å². The van der Waals surface area contributed by atoms with Gasteiger partial charge in [-0.25, -0.2) is 0 Å². The van der Waals surface area contributed by atoms with Crippen molar-refractivity contribution in [1.29, 1.82) is 0 Å². The highest BCUT2D eigenvalue weighted by molar-refractivity contribution is 7.87. The first kappa shape index (κ1) is 19.8. The van der Waals surface area contributed by atoms with Crippen LogP contribution in [0.3, 0.4) is 0 Å². The number of nitrogens with zero attached hydrogens (tertiary/aromatic N) is 1. The van der Waals surface area contributed by atoms with Gasteiger partial charge in [0, 0.05) is 32.8 Å². The van der Waals surface area contributed by atoms with E-state index in [0.29, 0.717) is 32.3 Å². The van der Waals surface area contributed by atoms with Gasteiger partial charge in [-0.3, -0.25) is 0 Å². The Labute approximate surface area is 124 Å². The van der Waals surface area contributed by atoms with Crippen LogP contribution in [0.5, 0.6) is 0 Å². The molecule has 0 saturated carbocycles. The van der Waals surface area contributed by atoms with Crippen LogP contribution in [0.2, 0.25) is 0 Å². The van der Waals surface area contributed by atoms with Crippen LogP contribution in [0.25, 0.3) is 0 Å². The van der Waals surface area contributed by atoms with Crippen molar-refractivity contribution in [2.75, 3.05) is 39.9 Å². The van der Waals surface area contributed by atoms with Gasteiger partial charge in [0.25, 0.3) is 10.2 Å². The molecule has 0 aliphatic carbocycles. The second kappa shape index (κ2) is 11.4. The maximum Gasteiger partial charge on any atom is 0.279 e. The predicted octanol–water partition coefficient (Wildman–Crippen LogP) is 0.957. The van der Waals surface area contributed by atoms with Crippen molar-refractivity contribution >= 4 is 10.2 Å². The summed E-state index contributed by atoms with van der Waals surface area (Å²) >= 11 is 0. The number of unbranched alkanes of at least 4 members (excludes halogenated alkanes) is 1. The molecule has 0 aromatic rings. The fraction of sp³-hybridized carbons (Fsp3) is 1.00. The van der Waals surface area contributed by atoms with Crippen molar-refractivity contribution in [3.05, 3.63) is 0 Å². The average molecular weight is 309 g/mol. The van der Waals surface area contributed by atoms with Crippen LogP contribution < -0.4 is 10.0 Å². The van der Waals surface area contributed by atoms with Gasteiger partial charge in [-0.15, -0.1) is 0 Å². The molecule has 0 amide bonds. The average Bonchev–Trinajstić information content (AvgIpc) is 2.38. The van der Waals surface area contributed by atoms with E-state index in [-0.39, 0.29) is 0 Å². The van der Waals surface area contributed by atoms with Gasteiger partial charge in [-0.05, 0) is 19.4 Å². The SMILES string of the molecule is CCCCOCCNS(=O)(=O)N(C)CCCNC(C)C. The first-order valence-corrected chi connectivity index (χ1v) is 8.86. The minimum Gasteiger partial charge on any atom is -0.380 e. The summed E-state index contributed by atoms with van der Waals surface area (Å²) in [5.41, 5.74) is 0. The quantitative estimate of drug-likeness (QED) is 0.497. The van der Waals surface area contributed by atoms with Crippen molar-refractivity contribution in [3.8, 4) is 0 Å². The van der Waals surface area contributed by atoms with E-state index in [1.54, 1.807) is 7.05 Å². The van der Waals surface area contributed by atoms with E-state index in [0.717, 1.165) is 25.8 Å². The molecule has 20 heavy (non-hydrogen) atoms. The summed E-state index contributed by atoms with van der Waals surface area (Å²) in [7, 11) is -1.79. The fourth-order valence-electron chi connectivity index (χ4n) is 1.51. The van der Waals surface area contributed by atoms with E-state index in [1.807, 2.05) is 0 Å². The topological polar surface area (TPSA) is 70.7 Å². The zero-order chi connectivity index (χ0) is 15.4. The molecule has 6 nitrogen and oxygen atoms in total. The Morgan fingerprint density at radius 2 is 1.85 bits per heavy atom. The molecule has 0 rings (SSSR count). The first-order valence-electron chi connectivity index (χ1n) is 7.42. The minimum absolute atomic E-state index is 0.320. The van der Waals surface area contributed by atoms with Gasteiger partial charge in [-0.1, -0.05) is 27.2 Å². The van der Waals surface area contributed by atoms with Crippen LogP contribution in [-0.4, -0.2) is 58.7 Å². The summed E-state index contributed by atoms with van der Waals surface area (Å²) in [5.74, 6) is 0. The molecule has 122 valence electrons. The Morgan fingerprint density at radius 1 is 1.15 bits per heavy atom. The van der Waals surface area contributed by atoms with Crippen LogP contribution in [-0.2, 0) is 14.9 Å². The van der Waals surface area contributed by atoms with Crippen LogP contribution >= 0.6 is 0 Å². The molecule has 0 heterocycles. The Bertz CT molecular complexity index is 321. The molecule has 0 aromatic heterocycles. The number of hydrogen-bond acceptors (Lipinski definition) is 4. The summed E-state index contributed by atoms with van der Waals surface area (Å²) in [5, 5.41) is 3.26. The molecule has 0 bridgehead atoms. The van der Waals surface area contributed by atoms with E-state index in [9.17, 15) is 8.42 Å². The van der Waals surface area contributed by atoms with Crippen molar-refractivity contribution in [2.45, 2.75) is 46.1 Å². The summed E-state index contributed by atoms with van der Waals surface area (Å²) in [6.45, 7) is 8.98. The maximum atomic E-state index is 11.9.